The second-order valence-corrected chi connectivity index (χ2v) is 14.5. The molecule has 5 rings (SSSR count). The lowest BCUT2D eigenvalue weighted by Gasteiger charge is -2.47. The molecule has 7 nitrogen and oxygen atoms in total. The highest BCUT2D eigenvalue weighted by molar-refractivity contribution is 7.97. The number of carboxylic acid groups (broad SMARTS) is 1. The molecule has 246 valence electrons. The molecule has 0 aromatic heterocycles. The Morgan fingerprint density at radius 1 is 1.20 bits per heavy atom. The molecule has 7 atom stereocenters. The predicted octanol–water partition coefficient (Wildman–Crippen LogP) is 7.61. The number of carboxylic acids is 1. The second kappa shape index (κ2) is 15.6. The van der Waals surface area contributed by atoms with Crippen molar-refractivity contribution in [1.82, 2.24) is 0 Å². The molecule has 0 spiro atoms. The number of aromatic carboxylic acids is 1. The molecule has 2 aliphatic carbocycles. The summed E-state index contributed by atoms with van der Waals surface area (Å²) in [5.41, 5.74) is 5.05. The van der Waals surface area contributed by atoms with Crippen molar-refractivity contribution in [2.24, 2.45) is 28.8 Å². The molecule has 45 heavy (non-hydrogen) atoms. The summed E-state index contributed by atoms with van der Waals surface area (Å²) in [6, 6.07) is 11.4. The lowest BCUT2D eigenvalue weighted by atomic mass is 9.64. The highest BCUT2D eigenvalue weighted by Gasteiger charge is 2.43. The number of methoxy groups -OCH3 is 1. The van der Waals surface area contributed by atoms with Crippen LogP contribution in [0.4, 0.5) is 5.69 Å². The fourth-order valence-corrected chi connectivity index (χ4v) is 7.89. The summed E-state index contributed by atoms with van der Waals surface area (Å²) >= 11 is 7.87. The number of rotatable bonds is 15. The van der Waals surface area contributed by atoms with Crippen molar-refractivity contribution in [2.75, 3.05) is 44.9 Å². The van der Waals surface area contributed by atoms with Gasteiger partial charge in [0.15, 0.2) is 0 Å². The summed E-state index contributed by atoms with van der Waals surface area (Å²) in [5.74, 6) is 1.77. The number of benzene rings is 2. The van der Waals surface area contributed by atoms with Crippen molar-refractivity contribution in [3.63, 3.8) is 0 Å². The van der Waals surface area contributed by atoms with Crippen molar-refractivity contribution in [2.45, 2.75) is 70.1 Å². The first-order valence-corrected chi connectivity index (χ1v) is 17.8. The zero-order valence-corrected chi connectivity index (χ0v) is 28.6. The molecule has 1 fully saturated rings. The number of carbonyl (C=O) groups is 1. The lowest BCUT2D eigenvalue weighted by Crippen LogP contribution is -2.47. The third kappa shape index (κ3) is 7.84. The number of aryl methyl sites for hydroxylation is 1. The normalized spacial score (nSPS) is 24.7. The molecule has 0 saturated heterocycles. The van der Waals surface area contributed by atoms with Gasteiger partial charge < -0.3 is 24.2 Å². The van der Waals surface area contributed by atoms with E-state index < -0.39 is 5.97 Å². The van der Waals surface area contributed by atoms with E-state index in [0.717, 1.165) is 61.7 Å². The lowest BCUT2D eigenvalue weighted by molar-refractivity contribution is -0.0417. The number of ether oxygens (including phenoxy) is 3. The number of anilines is 1. The maximum atomic E-state index is 12.0. The van der Waals surface area contributed by atoms with Crippen LogP contribution < -0.4 is 14.8 Å². The highest BCUT2D eigenvalue weighted by Crippen LogP contribution is 2.48. The van der Waals surface area contributed by atoms with Gasteiger partial charge in [0.1, 0.15) is 5.75 Å². The van der Waals surface area contributed by atoms with Gasteiger partial charge in [-0.05, 0) is 96.4 Å². The smallest absolute Gasteiger partial charge is 0.335 e. The Bertz CT molecular complexity index is 1350. The Morgan fingerprint density at radius 3 is 2.67 bits per heavy atom. The molecule has 1 aliphatic heterocycles. The molecule has 0 radical (unpaired) electrons. The predicted molar refractivity (Wildman–Crippen MR) is 184 cm³/mol. The first-order valence-electron chi connectivity index (χ1n) is 16.4. The van der Waals surface area contributed by atoms with Gasteiger partial charge in [-0.15, -0.1) is 0 Å². The van der Waals surface area contributed by atoms with Gasteiger partial charge in [-0.1, -0.05) is 62.9 Å². The SMILES string of the molecule is CCCc1cc(Cl)ccc1C1COc2ccc(C(=O)O)cc2N(CC2CCC2C(OCCOC)C2=CC(C(C)C(C)SN)C2)C1. The molecular weight excluding hydrogens is 608 g/mol. The van der Waals surface area contributed by atoms with Crippen LogP contribution in [0.5, 0.6) is 5.75 Å². The summed E-state index contributed by atoms with van der Waals surface area (Å²) in [5, 5.41) is 16.9. The molecule has 3 aliphatic rings. The third-order valence-electron chi connectivity index (χ3n) is 10.3. The highest BCUT2D eigenvalue weighted by atomic mass is 35.5. The van der Waals surface area contributed by atoms with Crippen LogP contribution in [0.2, 0.25) is 5.02 Å². The van der Waals surface area contributed by atoms with Crippen molar-refractivity contribution in [3.8, 4) is 5.75 Å². The van der Waals surface area contributed by atoms with E-state index in [9.17, 15) is 9.90 Å². The topological polar surface area (TPSA) is 94.2 Å². The van der Waals surface area contributed by atoms with E-state index in [0.29, 0.717) is 48.7 Å². The first kappa shape index (κ1) is 34.1. The number of fused-ring (bicyclic) bond motifs is 1. The minimum Gasteiger partial charge on any atom is -0.491 e. The van der Waals surface area contributed by atoms with Gasteiger partial charge in [0.25, 0.3) is 0 Å². The van der Waals surface area contributed by atoms with Crippen molar-refractivity contribution < 1.29 is 24.1 Å². The van der Waals surface area contributed by atoms with Crippen LogP contribution in [0.3, 0.4) is 0 Å². The van der Waals surface area contributed by atoms with Crippen LogP contribution in [0.25, 0.3) is 0 Å². The Kier molecular flexibility index (Phi) is 11.8. The van der Waals surface area contributed by atoms with Crippen molar-refractivity contribution in [1.29, 1.82) is 0 Å². The monoisotopic (exact) mass is 656 g/mol. The Labute approximate surface area is 277 Å². The largest absolute Gasteiger partial charge is 0.491 e. The summed E-state index contributed by atoms with van der Waals surface area (Å²) in [6.07, 6.45) is 7.76. The van der Waals surface area contributed by atoms with E-state index in [2.05, 4.69) is 43.9 Å². The quantitative estimate of drug-likeness (QED) is 0.115. The molecule has 2 aromatic rings. The molecule has 0 bridgehead atoms. The average Bonchev–Trinajstić information content (AvgIpc) is 3.17. The van der Waals surface area contributed by atoms with Crippen molar-refractivity contribution >= 4 is 35.2 Å². The molecule has 1 heterocycles. The van der Waals surface area contributed by atoms with Crippen LogP contribution in [-0.4, -0.2) is 62.4 Å². The standard InChI is InChI=1S/C36H49ClN2O5S/c1-5-6-24-17-30(37)9-11-31(24)29-20-39(33-18-25(36(40)41)8-12-34(33)44-21-29)19-26-7-10-32(26)35(43-14-13-42-4)28-15-27(16-28)22(2)23(3)45-38/h8-9,11-12,15,17-18,22-23,26-27,29,32,35H,5-7,10,13-14,16,19-21,38H2,1-4H3,(H,40,41). The third-order valence-corrected chi connectivity index (χ3v) is 11.4. The maximum absolute atomic E-state index is 12.0. The van der Waals surface area contributed by atoms with Crippen LogP contribution in [0.1, 0.15) is 73.9 Å². The van der Waals surface area contributed by atoms with Crippen LogP contribution in [0.15, 0.2) is 48.0 Å². The van der Waals surface area contributed by atoms with Gasteiger partial charge in [-0.2, -0.15) is 0 Å². The number of nitrogens with zero attached hydrogens (tertiary/aromatic N) is 1. The van der Waals surface area contributed by atoms with Gasteiger partial charge in [-0.3, -0.25) is 5.14 Å². The Morgan fingerprint density at radius 2 is 2.00 bits per heavy atom. The molecule has 3 N–H and O–H groups in total. The second-order valence-electron chi connectivity index (χ2n) is 13.1. The van der Waals surface area contributed by atoms with Gasteiger partial charge in [0.2, 0.25) is 0 Å². The van der Waals surface area contributed by atoms with E-state index in [4.69, 9.17) is 31.0 Å². The van der Waals surface area contributed by atoms with E-state index in [1.807, 2.05) is 12.1 Å². The van der Waals surface area contributed by atoms with E-state index in [-0.39, 0.29) is 17.6 Å². The fourth-order valence-electron chi connectivity index (χ4n) is 7.25. The van der Waals surface area contributed by atoms with Crippen LogP contribution >= 0.6 is 23.5 Å². The minimum absolute atomic E-state index is 0.0689. The van der Waals surface area contributed by atoms with E-state index in [1.165, 1.54) is 28.6 Å². The molecular formula is C36H49ClN2O5S. The molecule has 0 amide bonds. The van der Waals surface area contributed by atoms with Gasteiger partial charge in [0.05, 0.1) is 37.2 Å². The van der Waals surface area contributed by atoms with E-state index >= 15 is 0 Å². The van der Waals surface area contributed by atoms with Gasteiger partial charge >= 0.3 is 5.97 Å². The van der Waals surface area contributed by atoms with E-state index in [1.54, 1.807) is 19.2 Å². The average molecular weight is 657 g/mol. The van der Waals surface area contributed by atoms with Crippen LogP contribution in [-0.2, 0) is 15.9 Å². The summed E-state index contributed by atoms with van der Waals surface area (Å²) < 4.78 is 18.3. The fraction of sp³-hybridized carbons (Fsp3) is 0.583. The number of hydrogen-bond donors (Lipinski definition) is 2. The Balaban J connectivity index is 1.41. The Hall–Kier alpha value is -2.23. The molecule has 7 unspecified atom stereocenters. The van der Waals surface area contributed by atoms with Gasteiger partial charge in [-0.25, -0.2) is 4.79 Å². The summed E-state index contributed by atoms with van der Waals surface area (Å²) in [7, 11) is 1.71. The zero-order chi connectivity index (χ0) is 32.1. The molecule has 9 heteroatoms. The van der Waals surface area contributed by atoms with Crippen LogP contribution in [0, 0.1) is 23.7 Å². The number of halogens is 1. The minimum atomic E-state index is -0.933. The summed E-state index contributed by atoms with van der Waals surface area (Å²) in [4.78, 5) is 14.4. The van der Waals surface area contributed by atoms with Gasteiger partial charge in [0, 0.05) is 36.4 Å². The summed E-state index contributed by atoms with van der Waals surface area (Å²) in [6.45, 7) is 9.90. The van der Waals surface area contributed by atoms with Crippen molar-refractivity contribution in [3.05, 3.63) is 69.8 Å². The number of hydrogen-bond acceptors (Lipinski definition) is 7. The number of nitrogens with two attached hydrogens (primary N) is 1. The number of allylic oxidation sites excluding steroid dienone is 1. The zero-order valence-electron chi connectivity index (χ0n) is 27.0. The first-order chi connectivity index (χ1) is 21.7. The molecule has 2 aromatic carbocycles. The maximum Gasteiger partial charge on any atom is 0.335 e. The molecule has 1 saturated carbocycles.